The van der Waals surface area contributed by atoms with Crippen molar-refractivity contribution >= 4 is 22.4 Å². The van der Waals surface area contributed by atoms with Gasteiger partial charge in [-0.15, -0.1) is 0 Å². The molecule has 2 aromatic carbocycles. The van der Waals surface area contributed by atoms with Crippen molar-refractivity contribution < 1.29 is 26.9 Å². The van der Waals surface area contributed by atoms with Crippen molar-refractivity contribution in [2.45, 2.75) is 30.0 Å². The lowest BCUT2D eigenvalue weighted by Gasteiger charge is -2.21. The van der Waals surface area contributed by atoms with Gasteiger partial charge < -0.3 is 10.1 Å². The van der Waals surface area contributed by atoms with Crippen LogP contribution in [-0.2, 0) is 27.5 Å². The lowest BCUT2D eigenvalue weighted by atomic mass is 10.1. The zero-order chi connectivity index (χ0) is 20.1. The molecule has 1 amide bonds. The van der Waals surface area contributed by atoms with Crippen LogP contribution in [0.4, 0.5) is 18.9 Å². The summed E-state index contributed by atoms with van der Waals surface area (Å²) in [7, 11) is -1.05. The minimum Gasteiger partial charge on any atom is -0.381 e. The molecule has 4 nitrogen and oxygen atoms in total. The van der Waals surface area contributed by atoms with E-state index in [1.54, 1.807) is 18.2 Å². The molecular weight excluding hydrogens is 391 g/mol. The third kappa shape index (κ3) is 5.42. The minimum absolute atomic E-state index is 0.0778. The fraction of sp³-hybridized carbons (Fsp3) is 0.350. The van der Waals surface area contributed by atoms with E-state index in [2.05, 4.69) is 5.32 Å². The van der Waals surface area contributed by atoms with Crippen molar-refractivity contribution in [1.82, 2.24) is 0 Å². The monoisotopic (exact) mass is 411 g/mol. The summed E-state index contributed by atoms with van der Waals surface area (Å²) in [6.07, 6.45) is -2.98. The van der Waals surface area contributed by atoms with Crippen molar-refractivity contribution in [3.8, 4) is 0 Å². The van der Waals surface area contributed by atoms with E-state index < -0.39 is 28.4 Å². The number of hydrogen-bond acceptors (Lipinski definition) is 3. The summed E-state index contributed by atoms with van der Waals surface area (Å²) in [5.41, 5.74) is 0.294. The van der Waals surface area contributed by atoms with Crippen LogP contribution in [0.25, 0.3) is 0 Å². The first-order valence-electron chi connectivity index (χ1n) is 8.85. The summed E-state index contributed by atoms with van der Waals surface area (Å²) >= 11 is 0. The number of ether oxygens (including phenoxy) is 1. The van der Waals surface area contributed by atoms with Gasteiger partial charge in [-0.2, -0.15) is 13.2 Å². The third-order valence-corrected chi connectivity index (χ3v) is 6.32. The fourth-order valence-electron chi connectivity index (χ4n) is 3.00. The number of benzene rings is 2. The standard InChI is InChI=1S/C20H20F3NO3S/c21-20(22,23)16-5-2-4-15(12-16)19(25)24-17-6-1-3-14(11-17)13-28(26)18-7-9-27-10-8-18/h1-6,11-12,18H,7-10,13H2,(H,24,25). The molecule has 0 bridgehead atoms. The maximum absolute atomic E-state index is 12.8. The zero-order valence-corrected chi connectivity index (χ0v) is 15.8. The van der Waals surface area contributed by atoms with Gasteiger partial charge in [-0.1, -0.05) is 18.2 Å². The number of rotatable bonds is 5. The van der Waals surface area contributed by atoms with Crippen LogP contribution in [0.5, 0.6) is 0 Å². The molecule has 0 saturated carbocycles. The van der Waals surface area contributed by atoms with E-state index >= 15 is 0 Å². The molecule has 150 valence electrons. The molecule has 2 aromatic rings. The van der Waals surface area contributed by atoms with Gasteiger partial charge in [-0.25, -0.2) is 0 Å². The highest BCUT2D eigenvalue weighted by Gasteiger charge is 2.30. The Kier molecular flexibility index (Phi) is 6.51. The van der Waals surface area contributed by atoms with E-state index in [4.69, 9.17) is 4.74 Å². The second-order valence-corrected chi connectivity index (χ2v) is 8.29. The third-order valence-electron chi connectivity index (χ3n) is 4.49. The average molecular weight is 411 g/mol. The molecule has 0 aliphatic carbocycles. The topological polar surface area (TPSA) is 55.4 Å². The molecule has 3 rings (SSSR count). The molecule has 0 spiro atoms. The summed E-state index contributed by atoms with van der Waals surface area (Å²) < 4.78 is 56.3. The van der Waals surface area contributed by atoms with Crippen LogP contribution in [0.15, 0.2) is 48.5 Å². The lowest BCUT2D eigenvalue weighted by molar-refractivity contribution is -0.137. The van der Waals surface area contributed by atoms with Gasteiger partial charge in [0.05, 0.1) is 5.56 Å². The average Bonchev–Trinajstić information content (AvgIpc) is 2.68. The molecule has 1 fully saturated rings. The number of nitrogens with one attached hydrogen (secondary N) is 1. The van der Waals surface area contributed by atoms with Crippen molar-refractivity contribution in [3.05, 3.63) is 65.2 Å². The van der Waals surface area contributed by atoms with E-state index in [-0.39, 0.29) is 10.8 Å². The highest BCUT2D eigenvalue weighted by atomic mass is 32.2. The Labute approximate surface area is 163 Å². The number of carbonyl (C=O) groups is 1. The van der Waals surface area contributed by atoms with Crippen LogP contribution in [0.2, 0.25) is 0 Å². The second-order valence-electron chi connectivity index (χ2n) is 6.57. The maximum atomic E-state index is 12.8. The molecule has 1 aliphatic rings. The van der Waals surface area contributed by atoms with Gasteiger partial charge in [0.15, 0.2) is 0 Å². The first-order valence-corrected chi connectivity index (χ1v) is 10.2. The van der Waals surface area contributed by atoms with E-state index in [1.807, 2.05) is 6.07 Å². The van der Waals surface area contributed by atoms with Crippen LogP contribution in [-0.4, -0.2) is 28.6 Å². The normalized spacial score (nSPS) is 16.5. The number of hydrogen-bond donors (Lipinski definition) is 1. The Morgan fingerprint density at radius 2 is 1.82 bits per heavy atom. The lowest BCUT2D eigenvalue weighted by Crippen LogP contribution is -2.25. The Morgan fingerprint density at radius 3 is 2.54 bits per heavy atom. The van der Waals surface area contributed by atoms with Crippen molar-refractivity contribution in [3.63, 3.8) is 0 Å². The molecule has 1 unspecified atom stereocenters. The highest BCUT2D eigenvalue weighted by Crippen LogP contribution is 2.29. The van der Waals surface area contributed by atoms with E-state index in [9.17, 15) is 22.2 Å². The fourth-order valence-corrected chi connectivity index (χ4v) is 4.46. The molecule has 28 heavy (non-hydrogen) atoms. The van der Waals surface area contributed by atoms with Gasteiger partial charge in [0.2, 0.25) is 0 Å². The van der Waals surface area contributed by atoms with Crippen molar-refractivity contribution in [2.24, 2.45) is 0 Å². The Balaban J connectivity index is 1.67. The first kappa shape index (κ1) is 20.5. The second kappa shape index (κ2) is 8.87. The van der Waals surface area contributed by atoms with Gasteiger partial charge in [-0.3, -0.25) is 9.00 Å². The highest BCUT2D eigenvalue weighted by molar-refractivity contribution is 7.84. The predicted octanol–water partition coefficient (Wildman–Crippen LogP) is 4.39. The SMILES string of the molecule is O=C(Nc1cccc(CS(=O)C2CCOCC2)c1)c1cccc(C(F)(F)F)c1. The summed E-state index contributed by atoms with van der Waals surface area (Å²) in [6.45, 7) is 1.23. The largest absolute Gasteiger partial charge is 0.416 e. The van der Waals surface area contributed by atoms with Gasteiger partial charge in [0.25, 0.3) is 5.91 Å². The van der Waals surface area contributed by atoms with Gasteiger partial charge in [0.1, 0.15) is 0 Å². The van der Waals surface area contributed by atoms with Gasteiger partial charge in [0, 0.05) is 46.3 Å². The number of alkyl halides is 3. The summed E-state index contributed by atoms with van der Waals surface area (Å²) in [4.78, 5) is 12.3. The predicted molar refractivity (Wildman–Crippen MR) is 102 cm³/mol. The maximum Gasteiger partial charge on any atom is 0.416 e. The number of carbonyl (C=O) groups excluding carboxylic acids is 1. The Bertz CT molecular complexity index is 864. The molecule has 1 heterocycles. The summed E-state index contributed by atoms with van der Waals surface area (Å²) in [5, 5.41) is 2.70. The van der Waals surface area contributed by atoms with Crippen LogP contribution in [0.3, 0.4) is 0 Å². The molecule has 0 radical (unpaired) electrons. The van der Waals surface area contributed by atoms with Crippen LogP contribution >= 0.6 is 0 Å². The molecule has 1 saturated heterocycles. The summed E-state index contributed by atoms with van der Waals surface area (Å²) in [6, 6.07) is 11.1. The molecule has 1 aliphatic heterocycles. The smallest absolute Gasteiger partial charge is 0.381 e. The van der Waals surface area contributed by atoms with E-state index in [0.717, 1.165) is 30.5 Å². The van der Waals surface area contributed by atoms with E-state index in [1.165, 1.54) is 12.1 Å². The van der Waals surface area contributed by atoms with Gasteiger partial charge in [-0.05, 0) is 48.7 Å². The first-order chi connectivity index (χ1) is 13.3. The quantitative estimate of drug-likeness (QED) is 0.794. The van der Waals surface area contributed by atoms with Crippen LogP contribution in [0.1, 0.15) is 34.3 Å². The summed E-state index contributed by atoms with van der Waals surface area (Å²) in [5.74, 6) is -0.272. The molecule has 8 heteroatoms. The van der Waals surface area contributed by atoms with Crippen molar-refractivity contribution in [1.29, 1.82) is 0 Å². The Morgan fingerprint density at radius 1 is 1.11 bits per heavy atom. The molecule has 0 aromatic heterocycles. The molecular formula is C20H20F3NO3S. The van der Waals surface area contributed by atoms with Crippen LogP contribution in [0, 0.1) is 0 Å². The van der Waals surface area contributed by atoms with Gasteiger partial charge >= 0.3 is 6.18 Å². The molecule has 1 atom stereocenters. The number of halogens is 3. The Hall–Kier alpha value is -2.19. The van der Waals surface area contributed by atoms with Crippen LogP contribution < -0.4 is 5.32 Å². The molecule has 1 N–H and O–H groups in total. The number of anilines is 1. The van der Waals surface area contributed by atoms with E-state index in [0.29, 0.717) is 24.7 Å². The number of amides is 1. The van der Waals surface area contributed by atoms with Crippen molar-refractivity contribution in [2.75, 3.05) is 18.5 Å². The zero-order valence-electron chi connectivity index (χ0n) is 15.0. The minimum atomic E-state index is -4.51.